The van der Waals surface area contributed by atoms with Crippen LogP contribution in [0.2, 0.25) is 0 Å². The Labute approximate surface area is 100 Å². The van der Waals surface area contributed by atoms with Gasteiger partial charge in [0.1, 0.15) is 0 Å². The molecule has 2 saturated carbocycles. The van der Waals surface area contributed by atoms with Gasteiger partial charge in [0.05, 0.1) is 6.10 Å². The number of ether oxygens (including phenoxy) is 1. The van der Waals surface area contributed by atoms with Gasteiger partial charge in [-0.3, -0.25) is 0 Å². The Bertz CT molecular complexity index is 207. The van der Waals surface area contributed by atoms with Crippen molar-refractivity contribution < 1.29 is 4.74 Å². The van der Waals surface area contributed by atoms with Gasteiger partial charge in [-0.1, -0.05) is 19.8 Å². The molecule has 2 nitrogen and oxygen atoms in total. The molecule has 0 aromatic heterocycles. The lowest BCUT2D eigenvalue weighted by Crippen LogP contribution is -2.43. The van der Waals surface area contributed by atoms with E-state index in [4.69, 9.17) is 4.74 Å². The summed E-state index contributed by atoms with van der Waals surface area (Å²) in [6.07, 6.45) is 11.3. The van der Waals surface area contributed by atoms with Gasteiger partial charge in [0.2, 0.25) is 0 Å². The highest BCUT2D eigenvalue weighted by Crippen LogP contribution is 2.26. The maximum atomic E-state index is 5.56. The van der Waals surface area contributed by atoms with Crippen LogP contribution in [0.5, 0.6) is 0 Å². The van der Waals surface area contributed by atoms with Gasteiger partial charge in [-0.2, -0.15) is 0 Å². The van der Waals surface area contributed by atoms with E-state index in [9.17, 15) is 0 Å². The van der Waals surface area contributed by atoms with Crippen molar-refractivity contribution in [1.29, 1.82) is 0 Å². The van der Waals surface area contributed by atoms with E-state index in [0.29, 0.717) is 12.1 Å². The first-order chi connectivity index (χ1) is 7.79. The van der Waals surface area contributed by atoms with Gasteiger partial charge >= 0.3 is 0 Å². The fraction of sp³-hybridized carbons (Fsp3) is 1.00. The number of methoxy groups -OCH3 is 1. The van der Waals surface area contributed by atoms with Crippen molar-refractivity contribution in [3.8, 4) is 0 Å². The molecule has 2 heteroatoms. The molecule has 0 radical (unpaired) electrons. The Morgan fingerprint density at radius 2 is 1.75 bits per heavy atom. The zero-order valence-corrected chi connectivity index (χ0v) is 10.9. The molecule has 0 amide bonds. The van der Waals surface area contributed by atoms with Crippen LogP contribution in [0.25, 0.3) is 0 Å². The molecular formula is C14H27NO. The standard InChI is InChI=1S/C14H27NO/c1-11-5-3-6-12(10-9-11)15-13-7-4-8-14(13)16-2/h11-15H,3-10H2,1-2H3. The van der Waals surface area contributed by atoms with Gasteiger partial charge in [0.15, 0.2) is 0 Å². The summed E-state index contributed by atoms with van der Waals surface area (Å²) in [6, 6.07) is 1.38. The maximum absolute atomic E-state index is 5.56. The van der Waals surface area contributed by atoms with Gasteiger partial charge in [-0.05, 0) is 44.4 Å². The van der Waals surface area contributed by atoms with Crippen LogP contribution in [0, 0.1) is 5.92 Å². The summed E-state index contributed by atoms with van der Waals surface area (Å²) in [7, 11) is 1.86. The van der Waals surface area contributed by atoms with Crippen LogP contribution >= 0.6 is 0 Å². The van der Waals surface area contributed by atoms with Gasteiger partial charge in [0.25, 0.3) is 0 Å². The lowest BCUT2D eigenvalue weighted by Gasteiger charge is -2.25. The first kappa shape index (κ1) is 12.4. The molecule has 0 aliphatic heterocycles. The number of rotatable bonds is 3. The van der Waals surface area contributed by atoms with Crippen LogP contribution < -0.4 is 5.32 Å². The molecule has 2 aliphatic rings. The lowest BCUT2D eigenvalue weighted by atomic mass is 10.0. The smallest absolute Gasteiger partial charge is 0.0724 e. The van der Waals surface area contributed by atoms with E-state index in [1.165, 1.54) is 51.4 Å². The van der Waals surface area contributed by atoms with E-state index in [-0.39, 0.29) is 0 Å². The van der Waals surface area contributed by atoms with Crippen LogP contribution in [-0.4, -0.2) is 25.3 Å². The Morgan fingerprint density at radius 3 is 2.56 bits per heavy atom. The molecular weight excluding hydrogens is 198 g/mol. The summed E-state index contributed by atoms with van der Waals surface area (Å²) >= 11 is 0. The molecule has 1 N–H and O–H groups in total. The highest BCUT2D eigenvalue weighted by molar-refractivity contribution is 4.87. The van der Waals surface area contributed by atoms with Crippen LogP contribution in [0.3, 0.4) is 0 Å². The van der Waals surface area contributed by atoms with Crippen molar-refractivity contribution in [3.05, 3.63) is 0 Å². The molecule has 2 fully saturated rings. The predicted molar refractivity (Wildman–Crippen MR) is 67.6 cm³/mol. The first-order valence-corrected chi connectivity index (χ1v) is 7.08. The largest absolute Gasteiger partial charge is 0.380 e. The second-order valence-corrected chi connectivity index (χ2v) is 5.79. The van der Waals surface area contributed by atoms with Crippen LogP contribution in [-0.2, 0) is 4.74 Å². The minimum Gasteiger partial charge on any atom is -0.380 e. The monoisotopic (exact) mass is 225 g/mol. The van der Waals surface area contributed by atoms with E-state index >= 15 is 0 Å². The Kier molecular flexibility index (Phi) is 4.66. The third-order valence-electron chi connectivity index (χ3n) is 4.46. The first-order valence-electron chi connectivity index (χ1n) is 7.08. The zero-order chi connectivity index (χ0) is 11.4. The van der Waals surface area contributed by atoms with E-state index in [1.807, 2.05) is 7.11 Å². The normalized spacial score (nSPS) is 40.9. The quantitative estimate of drug-likeness (QED) is 0.745. The van der Waals surface area contributed by atoms with Gasteiger partial charge < -0.3 is 10.1 Å². The molecule has 0 bridgehead atoms. The lowest BCUT2D eigenvalue weighted by molar-refractivity contribution is 0.0804. The van der Waals surface area contributed by atoms with Crippen LogP contribution in [0.4, 0.5) is 0 Å². The topological polar surface area (TPSA) is 21.3 Å². The Morgan fingerprint density at radius 1 is 0.938 bits per heavy atom. The average Bonchev–Trinajstić information content (AvgIpc) is 2.63. The summed E-state index contributed by atoms with van der Waals surface area (Å²) in [5.41, 5.74) is 0. The van der Waals surface area contributed by atoms with Gasteiger partial charge in [-0.25, -0.2) is 0 Å². The molecule has 0 aromatic rings. The summed E-state index contributed by atoms with van der Waals surface area (Å²) in [5.74, 6) is 0.939. The molecule has 16 heavy (non-hydrogen) atoms. The van der Waals surface area contributed by atoms with E-state index in [2.05, 4.69) is 12.2 Å². The zero-order valence-electron chi connectivity index (χ0n) is 10.9. The summed E-state index contributed by atoms with van der Waals surface area (Å²) < 4.78 is 5.56. The van der Waals surface area contributed by atoms with Crippen molar-refractivity contribution in [3.63, 3.8) is 0 Å². The molecule has 2 aliphatic carbocycles. The minimum atomic E-state index is 0.473. The Hall–Kier alpha value is -0.0800. The molecule has 0 saturated heterocycles. The fourth-order valence-electron chi connectivity index (χ4n) is 3.36. The molecule has 4 atom stereocenters. The molecule has 2 rings (SSSR count). The number of hydrogen-bond acceptors (Lipinski definition) is 2. The second kappa shape index (κ2) is 6.02. The van der Waals surface area contributed by atoms with E-state index in [1.54, 1.807) is 0 Å². The summed E-state index contributed by atoms with van der Waals surface area (Å²) in [4.78, 5) is 0. The molecule has 0 spiro atoms. The third-order valence-corrected chi connectivity index (χ3v) is 4.46. The van der Waals surface area contributed by atoms with Crippen molar-refractivity contribution in [2.24, 2.45) is 5.92 Å². The highest BCUT2D eigenvalue weighted by atomic mass is 16.5. The van der Waals surface area contributed by atoms with E-state index < -0.39 is 0 Å². The Balaban J connectivity index is 1.79. The van der Waals surface area contributed by atoms with Gasteiger partial charge in [-0.15, -0.1) is 0 Å². The molecule has 4 unspecified atom stereocenters. The minimum absolute atomic E-state index is 0.473. The summed E-state index contributed by atoms with van der Waals surface area (Å²) in [5, 5.41) is 3.85. The average molecular weight is 225 g/mol. The van der Waals surface area contributed by atoms with Crippen molar-refractivity contribution in [2.45, 2.75) is 76.5 Å². The van der Waals surface area contributed by atoms with Gasteiger partial charge in [0, 0.05) is 19.2 Å². The highest BCUT2D eigenvalue weighted by Gasteiger charge is 2.29. The SMILES string of the molecule is COC1CCCC1NC1CCCC(C)CC1. The molecule has 0 heterocycles. The van der Waals surface area contributed by atoms with Crippen LogP contribution in [0.1, 0.15) is 58.3 Å². The molecule has 0 aromatic carbocycles. The number of nitrogens with one attached hydrogen (secondary N) is 1. The molecule has 94 valence electrons. The van der Waals surface area contributed by atoms with E-state index in [0.717, 1.165) is 12.0 Å². The number of hydrogen-bond donors (Lipinski definition) is 1. The predicted octanol–water partition coefficient (Wildman–Crippen LogP) is 3.11. The van der Waals surface area contributed by atoms with Crippen molar-refractivity contribution in [2.75, 3.05) is 7.11 Å². The van der Waals surface area contributed by atoms with Crippen LogP contribution in [0.15, 0.2) is 0 Å². The fourth-order valence-corrected chi connectivity index (χ4v) is 3.36. The third kappa shape index (κ3) is 3.21. The maximum Gasteiger partial charge on any atom is 0.0724 e. The summed E-state index contributed by atoms with van der Waals surface area (Å²) in [6.45, 7) is 2.40. The second-order valence-electron chi connectivity index (χ2n) is 5.79. The van der Waals surface area contributed by atoms with Crippen molar-refractivity contribution in [1.82, 2.24) is 5.32 Å². The van der Waals surface area contributed by atoms with Crippen molar-refractivity contribution >= 4 is 0 Å².